The highest BCUT2D eigenvalue weighted by atomic mass is 35.5. The predicted molar refractivity (Wildman–Crippen MR) is 42.3 cm³/mol. The third kappa shape index (κ3) is 1.07. The molecule has 0 radical (unpaired) electrons. The van der Waals surface area contributed by atoms with E-state index in [1.807, 2.05) is 0 Å². The Hall–Kier alpha value is -1.06. The molecule has 1 aliphatic rings. The molecular weight excluding hydrogens is 180 g/mol. The van der Waals surface area contributed by atoms with E-state index in [-0.39, 0.29) is 0 Å². The molecule has 0 amide bonds. The van der Waals surface area contributed by atoms with Gasteiger partial charge in [-0.1, -0.05) is 11.6 Å². The fourth-order valence-corrected chi connectivity index (χ4v) is 1.37. The summed E-state index contributed by atoms with van der Waals surface area (Å²) in [5, 5.41) is 0.409. The van der Waals surface area contributed by atoms with Crippen molar-refractivity contribution in [3.8, 4) is 5.75 Å². The van der Waals surface area contributed by atoms with Gasteiger partial charge >= 0.3 is 0 Å². The molecule has 1 aliphatic heterocycles. The highest BCUT2D eigenvalue weighted by molar-refractivity contribution is 6.32. The van der Waals surface area contributed by atoms with E-state index in [1.165, 1.54) is 0 Å². The van der Waals surface area contributed by atoms with Crippen molar-refractivity contribution in [1.82, 2.24) is 0 Å². The number of fused-ring (bicyclic) bond motifs is 1. The summed E-state index contributed by atoms with van der Waals surface area (Å²) in [5.41, 5.74) is 1.34. The molecule has 0 saturated carbocycles. The van der Waals surface area contributed by atoms with Gasteiger partial charge in [0.1, 0.15) is 12.9 Å². The molecule has 0 N–H and O–H groups in total. The number of carbonyl (C=O) groups is 1. The third-order valence-corrected chi connectivity index (χ3v) is 1.92. The Bertz CT molecular complexity index is 335. The van der Waals surface area contributed by atoms with Gasteiger partial charge in [-0.3, -0.25) is 4.79 Å². The highest BCUT2D eigenvalue weighted by Crippen LogP contribution is 2.34. The van der Waals surface area contributed by atoms with Gasteiger partial charge in [0.25, 0.3) is 0 Å². The Morgan fingerprint density at radius 1 is 1.50 bits per heavy atom. The van der Waals surface area contributed by atoms with E-state index in [1.54, 1.807) is 12.1 Å². The van der Waals surface area contributed by atoms with Gasteiger partial charge in [-0.15, -0.1) is 0 Å². The molecule has 0 aliphatic carbocycles. The van der Waals surface area contributed by atoms with Crippen LogP contribution >= 0.6 is 11.6 Å². The highest BCUT2D eigenvalue weighted by Gasteiger charge is 2.18. The average Bonchev–Trinajstić information content (AvgIpc) is 2.52. The molecule has 0 bridgehead atoms. The Labute approximate surface area is 73.8 Å². The van der Waals surface area contributed by atoms with E-state index >= 15 is 0 Å². The molecule has 12 heavy (non-hydrogen) atoms. The van der Waals surface area contributed by atoms with Gasteiger partial charge in [-0.2, -0.15) is 4.89 Å². The number of hydrogen-bond acceptors (Lipinski definition) is 3. The Morgan fingerprint density at radius 3 is 3.08 bits per heavy atom. The minimum atomic E-state index is 0.344. The Kier molecular flexibility index (Phi) is 1.75. The molecule has 0 saturated heterocycles. The molecule has 0 fully saturated rings. The number of hydrogen-bond donors (Lipinski definition) is 0. The van der Waals surface area contributed by atoms with Crippen molar-refractivity contribution in [3.63, 3.8) is 0 Å². The minimum Gasteiger partial charge on any atom is -0.335 e. The number of rotatable bonds is 1. The zero-order valence-electron chi connectivity index (χ0n) is 6.04. The van der Waals surface area contributed by atoms with E-state index in [4.69, 9.17) is 21.4 Å². The lowest BCUT2D eigenvalue weighted by Gasteiger charge is -1.98. The fraction of sp³-hybridized carbons (Fsp3) is 0.125. The number of carbonyl (C=O) groups excluding carboxylic acids is 1. The maximum atomic E-state index is 10.4. The first-order chi connectivity index (χ1) is 5.81. The monoisotopic (exact) mass is 184 g/mol. The van der Waals surface area contributed by atoms with Crippen LogP contribution in [0, 0.1) is 0 Å². The molecule has 3 nitrogen and oxygen atoms in total. The Balaban J connectivity index is 2.58. The van der Waals surface area contributed by atoms with E-state index in [0.717, 1.165) is 11.8 Å². The van der Waals surface area contributed by atoms with Gasteiger partial charge in [0.15, 0.2) is 5.75 Å². The molecule has 2 rings (SSSR count). The molecule has 1 aromatic rings. The maximum absolute atomic E-state index is 10.4. The van der Waals surface area contributed by atoms with Crippen molar-refractivity contribution in [2.24, 2.45) is 0 Å². The molecule has 1 heterocycles. The molecule has 0 spiro atoms. The summed E-state index contributed by atoms with van der Waals surface area (Å²) >= 11 is 5.79. The topological polar surface area (TPSA) is 35.5 Å². The van der Waals surface area contributed by atoms with E-state index in [2.05, 4.69) is 0 Å². The molecule has 0 atom stereocenters. The van der Waals surface area contributed by atoms with Gasteiger partial charge in [0.05, 0.1) is 5.02 Å². The summed E-state index contributed by atoms with van der Waals surface area (Å²) in [6, 6.07) is 3.24. The first-order valence-corrected chi connectivity index (χ1v) is 3.76. The summed E-state index contributed by atoms with van der Waals surface area (Å²) in [4.78, 5) is 19.9. The van der Waals surface area contributed by atoms with Gasteiger partial charge in [0, 0.05) is 11.1 Å². The smallest absolute Gasteiger partial charge is 0.189 e. The van der Waals surface area contributed by atoms with Gasteiger partial charge in [-0.25, -0.2) is 0 Å². The van der Waals surface area contributed by atoms with E-state index in [0.29, 0.717) is 22.9 Å². The molecule has 4 heteroatoms. The van der Waals surface area contributed by atoms with Crippen LogP contribution in [0.4, 0.5) is 0 Å². The third-order valence-electron chi connectivity index (χ3n) is 1.64. The van der Waals surface area contributed by atoms with Crippen molar-refractivity contribution >= 4 is 17.9 Å². The van der Waals surface area contributed by atoms with Crippen molar-refractivity contribution in [3.05, 3.63) is 28.3 Å². The molecule has 0 aromatic heterocycles. The van der Waals surface area contributed by atoms with Crippen LogP contribution in [0.2, 0.25) is 5.02 Å². The van der Waals surface area contributed by atoms with Crippen molar-refractivity contribution in [2.45, 2.75) is 6.61 Å². The zero-order chi connectivity index (χ0) is 8.55. The quantitative estimate of drug-likeness (QED) is 0.495. The van der Waals surface area contributed by atoms with Gasteiger partial charge in [-0.05, 0) is 12.1 Å². The first kappa shape index (κ1) is 7.58. The molecular formula is C8H5ClO3. The lowest BCUT2D eigenvalue weighted by Crippen LogP contribution is -1.84. The minimum absolute atomic E-state index is 0.344. The summed E-state index contributed by atoms with van der Waals surface area (Å²) in [5.74, 6) is 0.516. The number of aldehydes is 1. The largest absolute Gasteiger partial charge is 0.335 e. The normalized spacial score (nSPS) is 13.8. The van der Waals surface area contributed by atoms with Crippen LogP contribution < -0.4 is 4.89 Å². The second-order valence-corrected chi connectivity index (χ2v) is 2.86. The van der Waals surface area contributed by atoms with E-state index < -0.39 is 0 Å². The summed E-state index contributed by atoms with van der Waals surface area (Å²) in [6.45, 7) is 0.344. The molecule has 62 valence electrons. The van der Waals surface area contributed by atoms with Crippen molar-refractivity contribution < 1.29 is 14.6 Å². The standard InChI is InChI=1S/C8H5ClO3/c9-7-2-5(3-10)1-6-4-11-12-8(6)7/h1-3H,4H2. The predicted octanol–water partition coefficient (Wildman–Crippen LogP) is 1.98. The molecule has 0 unspecified atom stereocenters. The van der Waals surface area contributed by atoms with Crippen LogP contribution in [0.25, 0.3) is 0 Å². The second-order valence-electron chi connectivity index (χ2n) is 2.45. The molecule has 1 aromatic carbocycles. The summed E-state index contributed by atoms with van der Waals surface area (Å²) < 4.78 is 0. The van der Waals surface area contributed by atoms with Crippen LogP contribution in [0.1, 0.15) is 15.9 Å². The lowest BCUT2D eigenvalue weighted by atomic mass is 10.1. The van der Waals surface area contributed by atoms with Crippen LogP contribution in [0.5, 0.6) is 5.75 Å². The van der Waals surface area contributed by atoms with Crippen molar-refractivity contribution in [1.29, 1.82) is 0 Å². The maximum Gasteiger partial charge on any atom is 0.189 e. The SMILES string of the molecule is O=Cc1cc(Cl)c2c(c1)COO2. The van der Waals surface area contributed by atoms with Gasteiger partial charge in [0.2, 0.25) is 0 Å². The fourth-order valence-electron chi connectivity index (χ4n) is 1.09. The van der Waals surface area contributed by atoms with Crippen LogP contribution in [0.3, 0.4) is 0 Å². The summed E-state index contributed by atoms with van der Waals surface area (Å²) in [6.07, 6.45) is 0.741. The number of benzene rings is 1. The van der Waals surface area contributed by atoms with Crippen LogP contribution in [-0.4, -0.2) is 6.29 Å². The lowest BCUT2D eigenvalue weighted by molar-refractivity contribution is -0.194. The first-order valence-electron chi connectivity index (χ1n) is 3.38. The zero-order valence-corrected chi connectivity index (χ0v) is 6.80. The van der Waals surface area contributed by atoms with Crippen LogP contribution in [0.15, 0.2) is 12.1 Å². The van der Waals surface area contributed by atoms with Crippen LogP contribution in [-0.2, 0) is 11.5 Å². The second kappa shape index (κ2) is 2.77. The summed E-state index contributed by atoms with van der Waals surface area (Å²) in [7, 11) is 0. The number of halogens is 1. The Morgan fingerprint density at radius 2 is 2.33 bits per heavy atom. The van der Waals surface area contributed by atoms with E-state index in [9.17, 15) is 4.79 Å². The van der Waals surface area contributed by atoms with Gasteiger partial charge < -0.3 is 4.89 Å². The van der Waals surface area contributed by atoms with Crippen molar-refractivity contribution in [2.75, 3.05) is 0 Å². The average molecular weight is 185 g/mol.